The molecule has 0 bridgehead atoms. The van der Waals surface area contributed by atoms with Crippen molar-refractivity contribution in [3.8, 4) is 0 Å². The predicted octanol–water partition coefficient (Wildman–Crippen LogP) is 3.39. The lowest BCUT2D eigenvalue weighted by molar-refractivity contribution is -0.209. The van der Waals surface area contributed by atoms with Gasteiger partial charge in [-0.25, -0.2) is 14.4 Å². The number of ether oxygens (including phenoxy) is 5. The molecule has 3 N–H and O–H groups in total. The molecule has 2 aromatic carbocycles. The second-order valence-corrected chi connectivity index (χ2v) is 15.0. The van der Waals surface area contributed by atoms with Crippen LogP contribution < -0.4 is 10.6 Å². The van der Waals surface area contributed by atoms with Crippen LogP contribution in [0.1, 0.15) is 77.8 Å². The summed E-state index contributed by atoms with van der Waals surface area (Å²) in [5, 5.41) is 14.6. The molecule has 5 aliphatic rings. The minimum absolute atomic E-state index is 0.0781. The average molecular weight is 729 g/mol. The molecule has 2 aliphatic heterocycles. The van der Waals surface area contributed by atoms with E-state index >= 15 is 0 Å². The van der Waals surface area contributed by atoms with Gasteiger partial charge in [-0.3, -0.25) is 9.59 Å². The average Bonchev–Trinajstić information content (AvgIpc) is 4.10. The highest BCUT2D eigenvalue weighted by atomic mass is 16.8. The number of esters is 3. The van der Waals surface area contributed by atoms with Gasteiger partial charge in [0.2, 0.25) is 12.0 Å². The zero-order valence-electron chi connectivity index (χ0n) is 29.7. The van der Waals surface area contributed by atoms with Crippen LogP contribution in [0.2, 0.25) is 0 Å². The van der Waals surface area contributed by atoms with Gasteiger partial charge in [0, 0.05) is 54.0 Å². The summed E-state index contributed by atoms with van der Waals surface area (Å²) in [6.07, 6.45) is 5.23. The van der Waals surface area contributed by atoms with Gasteiger partial charge in [-0.15, -0.1) is 0 Å². The number of amides is 2. The highest BCUT2D eigenvalue weighted by Gasteiger charge is 2.64. The van der Waals surface area contributed by atoms with Gasteiger partial charge in [-0.1, -0.05) is 44.2 Å². The van der Waals surface area contributed by atoms with Gasteiger partial charge in [0.05, 0.1) is 12.2 Å². The van der Waals surface area contributed by atoms with Crippen molar-refractivity contribution >= 4 is 35.8 Å². The first-order chi connectivity index (χ1) is 25.5. The molecule has 2 saturated heterocycles. The van der Waals surface area contributed by atoms with Crippen LogP contribution in [0.5, 0.6) is 0 Å². The number of benzene rings is 2. The van der Waals surface area contributed by atoms with Crippen molar-refractivity contribution in [1.82, 2.24) is 10.6 Å². The van der Waals surface area contributed by atoms with Gasteiger partial charge in [0.15, 0.2) is 5.79 Å². The van der Waals surface area contributed by atoms with Crippen molar-refractivity contribution in [2.24, 2.45) is 17.3 Å². The quantitative estimate of drug-likeness (QED) is 0.157. The summed E-state index contributed by atoms with van der Waals surface area (Å²) in [4.78, 5) is 64.7. The summed E-state index contributed by atoms with van der Waals surface area (Å²) in [5.41, 5.74) is 1.40. The number of aliphatic hydroxyl groups is 1. The topological polar surface area (TPSA) is 176 Å². The summed E-state index contributed by atoms with van der Waals surface area (Å²) < 4.78 is 30.0. The van der Waals surface area contributed by atoms with Crippen LogP contribution in [-0.4, -0.2) is 84.8 Å². The third kappa shape index (κ3) is 7.92. The van der Waals surface area contributed by atoms with Crippen LogP contribution in [0, 0.1) is 17.3 Å². The Morgan fingerprint density at radius 2 is 1.70 bits per heavy atom. The Morgan fingerprint density at radius 1 is 0.943 bits per heavy atom. The Bertz CT molecular complexity index is 1830. The molecule has 2 saturated carbocycles. The molecule has 0 radical (unpaired) electrons. The fraction of sp³-hybridized carbons (Fsp3) is 0.475. The van der Waals surface area contributed by atoms with E-state index in [4.69, 9.17) is 28.8 Å². The van der Waals surface area contributed by atoms with Gasteiger partial charge in [-0.2, -0.15) is 0 Å². The number of aliphatic hydroxyl groups excluding tert-OH is 1. The van der Waals surface area contributed by atoms with E-state index in [0.717, 1.165) is 31.8 Å². The van der Waals surface area contributed by atoms with Crippen molar-refractivity contribution in [2.45, 2.75) is 82.7 Å². The Balaban J connectivity index is 1.07. The van der Waals surface area contributed by atoms with Crippen LogP contribution >= 0.6 is 0 Å². The maximum Gasteiger partial charge on any atom is 0.348 e. The SMILES string of the molecule is CC1(C)COC(=O)C1OC(=O)C=Cc1ccccc1C(=O)OC1CC(C(=O)NCc2cccc(C(=O)NCCO)c2)=CC2OC(C3CC3)(C3CC3)OC21. The molecule has 0 aromatic heterocycles. The summed E-state index contributed by atoms with van der Waals surface area (Å²) in [6, 6.07) is 13.5. The van der Waals surface area contributed by atoms with E-state index in [1.807, 2.05) is 0 Å². The number of carbonyl (C=O) groups excluding carboxylic acids is 5. The zero-order chi connectivity index (χ0) is 37.3. The summed E-state index contributed by atoms with van der Waals surface area (Å²) >= 11 is 0. The van der Waals surface area contributed by atoms with Gasteiger partial charge in [-0.05, 0) is 67.2 Å². The molecule has 7 rings (SSSR count). The standard InChI is InChI=1S/C40H44N2O11/c1-39(2)22-49-38(48)34(39)51-32(44)15-10-24-7-3-4-9-29(24)37(47)50-30-19-26(20-31-33(30)53-40(52-31,27-11-12-27)28-13-14-28)36(46)42-21-23-6-5-8-25(18-23)35(45)41-16-17-43/h3-10,15,18,20,27-28,30-31,33-34,43H,11-14,16-17,19,21-22H2,1-2H3,(H,41,45)(H,42,46). The van der Waals surface area contributed by atoms with Gasteiger partial charge < -0.3 is 39.4 Å². The fourth-order valence-electron chi connectivity index (χ4n) is 7.24. The lowest BCUT2D eigenvalue weighted by atomic mass is 9.90. The Kier molecular flexibility index (Phi) is 10.2. The van der Waals surface area contributed by atoms with Crippen LogP contribution in [0.4, 0.5) is 0 Å². The summed E-state index contributed by atoms with van der Waals surface area (Å²) in [5.74, 6) is -3.02. The molecule has 3 aliphatic carbocycles. The van der Waals surface area contributed by atoms with Crippen molar-refractivity contribution in [1.29, 1.82) is 0 Å². The number of rotatable bonds is 13. The number of hydrogen-bond donors (Lipinski definition) is 3. The molecule has 4 fully saturated rings. The minimum atomic E-state index is -1.04. The first-order valence-corrected chi connectivity index (χ1v) is 18.2. The molecule has 0 spiro atoms. The van der Waals surface area contributed by atoms with E-state index in [9.17, 15) is 24.0 Å². The van der Waals surface area contributed by atoms with Crippen LogP contribution in [0.25, 0.3) is 6.08 Å². The lowest BCUT2D eigenvalue weighted by Gasteiger charge is -2.31. The van der Waals surface area contributed by atoms with Gasteiger partial charge in [0.1, 0.15) is 24.9 Å². The monoisotopic (exact) mass is 728 g/mol. The molecule has 4 unspecified atom stereocenters. The van der Waals surface area contributed by atoms with Crippen LogP contribution in [-0.2, 0) is 44.6 Å². The van der Waals surface area contributed by atoms with E-state index in [-0.39, 0.29) is 61.9 Å². The molecular formula is C40H44N2O11. The van der Waals surface area contributed by atoms with Crippen LogP contribution in [0.15, 0.2) is 66.3 Å². The molecular weight excluding hydrogens is 684 g/mol. The molecule has 2 amide bonds. The van der Waals surface area contributed by atoms with Gasteiger partial charge >= 0.3 is 17.9 Å². The normalized spacial score (nSPS) is 25.6. The fourth-order valence-corrected chi connectivity index (χ4v) is 7.24. The van der Waals surface area contributed by atoms with E-state index in [1.165, 1.54) is 6.08 Å². The third-order valence-corrected chi connectivity index (χ3v) is 10.3. The van der Waals surface area contributed by atoms with Crippen molar-refractivity contribution in [3.05, 3.63) is 88.5 Å². The first kappa shape index (κ1) is 36.5. The van der Waals surface area contributed by atoms with Crippen molar-refractivity contribution < 1.29 is 52.8 Å². The first-order valence-electron chi connectivity index (χ1n) is 18.2. The highest BCUT2D eigenvalue weighted by molar-refractivity contribution is 5.97. The molecule has 2 aromatic rings. The molecule has 2 heterocycles. The number of nitrogens with one attached hydrogen (secondary N) is 2. The minimum Gasteiger partial charge on any atom is -0.462 e. The second kappa shape index (κ2) is 14.9. The predicted molar refractivity (Wildman–Crippen MR) is 188 cm³/mol. The van der Waals surface area contributed by atoms with Gasteiger partial charge in [0.25, 0.3) is 5.91 Å². The van der Waals surface area contributed by atoms with Crippen LogP contribution in [0.3, 0.4) is 0 Å². The number of cyclic esters (lactones) is 1. The van der Waals surface area contributed by atoms with Crippen molar-refractivity contribution in [3.63, 3.8) is 0 Å². The molecule has 4 atom stereocenters. The molecule has 280 valence electrons. The number of fused-ring (bicyclic) bond motifs is 1. The van der Waals surface area contributed by atoms with E-state index in [2.05, 4.69) is 10.6 Å². The lowest BCUT2D eigenvalue weighted by Crippen LogP contribution is -2.44. The molecule has 13 nitrogen and oxygen atoms in total. The Labute approximate surface area is 307 Å². The number of hydrogen-bond acceptors (Lipinski definition) is 11. The maximum atomic E-state index is 13.9. The highest BCUT2D eigenvalue weighted by Crippen LogP contribution is 2.59. The smallest absolute Gasteiger partial charge is 0.348 e. The Hall–Kier alpha value is -4.85. The summed E-state index contributed by atoms with van der Waals surface area (Å²) in [6.45, 7) is 3.78. The zero-order valence-corrected chi connectivity index (χ0v) is 29.7. The van der Waals surface area contributed by atoms with E-state index in [1.54, 1.807) is 68.5 Å². The molecule has 13 heteroatoms. The van der Waals surface area contributed by atoms with Crippen molar-refractivity contribution in [2.75, 3.05) is 19.8 Å². The summed E-state index contributed by atoms with van der Waals surface area (Å²) in [7, 11) is 0. The largest absolute Gasteiger partial charge is 0.462 e. The van der Waals surface area contributed by atoms with E-state index in [0.29, 0.717) is 22.3 Å². The maximum absolute atomic E-state index is 13.9. The third-order valence-electron chi connectivity index (χ3n) is 10.3. The number of carbonyl (C=O) groups is 5. The Morgan fingerprint density at radius 3 is 2.40 bits per heavy atom. The molecule has 53 heavy (non-hydrogen) atoms. The van der Waals surface area contributed by atoms with E-state index < -0.39 is 53.5 Å². The second-order valence-electron chi connectivity index (χ2n) is 15.0.